The predicted octanol–water partition coefficient (Wildman–Crippen LogP) is 3.68. The number of anilines is 2. The first-order valence-electron chi connectivity index (χ1n) is 8.07. The minimum atomic E-state index is -0.0860. The van der Waals surface area contributed by atoms with Gasteiger partial charge in [0, 0.05) is 24.1 Å². The molecule has 0 bridgehead atoms. The molecule has 1 aliphatic carbocycles. The van der Waals surface area contributed by atoms with Crippen molar-refractivity contribution in [1.29, 1.82) is 0 Å². The molecule has 118 valence electrons. The normalized spacial score (nSPS) is 23.1. The van der Waals surface area contributed by atoms with E-state index in [1.165, 1.54) is 25.7 Å². The van der Waals surface area contributed by atoms with Gasteiger partial charge in [0.25, 0.3) is 0 Å². The topological polar surface area (TPSA) is 55.0 Å². The van der Waals surface area contributed by atoms with Gasteiger partial charge in [-0.05, 0) is 25.7 Å². The van der Waals surface area contributed by atoms with E-state index in [0.717, 1.165) is 23.1 Å². The zero-order valence-electron chi connectivity index (χ0n) is 14.4. The summed E-state index contributed by atoms with van der Waals surface area (Å²) in [5.41, 5.74) is 7.05. The molecule has 1 aliphatic rings. The van der Waals surface area contributed by atoms with Crippen LogP contribution < -0.4 is 10.6 Å². The number of nitrogen functional groups attached to an aromatic ring is 1. The molecular formula is C17H30N4. The zero-order valence-corrected chi connectivity index (χ0v) is 14.4. The lowest BCUT2D eigenvalue weighted by Gasteiger charge is -2.36. The van der Waals surface area contributed by atoms with Gasteiger partial charge in [0.1, 0.15) is 17.5 Å². The second kappa shape index (κ2) is 5.82. The largest absolute Gasteiger partial charge is 0.383 e. The number of hydrogen-bond acceptors (Lipinski definition) is 4. The third kappa shape index (κ3) is 3.47. The summed E-state index contributed by atoms with van der Waals surface area (Å²) in [4.78, 5) is 11.7. The summed E-state index contributed by atoms with van der Waals surface area (Å²) in [7, 11) is 2.16. The Morgan fingerprint density at radius 2 is 1.86 bits per heavy atom. The number of aromatic nitrogens is 2. The van der Waals surface area contributed by atoms with E-state index in [2.05, 4.69) is 44.6 Å². The van der Waals surface area contributed by atoms with Crippen LogP contribution in [0.3, 0.4) is 0 Å². The van der Waals surface area contributed by atoms with E-state index in [0.29, 0.717) is 11.9 Å². The molecule has 2 rings (SSSR count). The summed E-state index contributed by atoms with van der Waals surface area (Å²) in [5.74, 6) is 3.25. The van der Waals surface area contributed by atoms with Crippen molar-refractivity contribution in [3.05, 3.63) is 11.4 Å². The first kappa shape index (κ1) is 16.1. The van der Waals surface area contributed by atoms with Gasteiger partial charge in [-0.15, -0.1) is 0 Å². The molecule has 2 atom stereocenters. The lowest BCUT2D eigenvalue weighted by molar-refractivity contribution is 0.335. The van der Waals surface area contributed by atoms with Crippen LogP contribution in [0.5, 0.6) is 0 Å². The molecule has 1 aromatic rings. The molecule has 21 heavy (non-hydrogen) atoms. The molecule has 0 spiro atoms. The van der Waals surface area contributed by atoms with Crippen molar-refractivity contribution in [1.82, 2.24) is 9.97 Å². The summed E-state index contributed by atoms with van der Waals surface area (Å²) in [6.07, 6.45) is 5.14. The molecule has 2 unspecified atom stereocenters. The number of nitrogens with zero attached hydrogens (tertiary/aromatic N) is 3. The van der Waals surface area contributed by atoms with Gasteiger partial charge in [-0.1, -0.05) is 40.5 Å². The van der Waals surface area contributed by atoms with E-state index >= 15 is 0 Å². The molecule has 0 saturated heterocycles. The molecule has 0 aliphatic heterocycles. The molecule has 1 saturated carbocycles. The van der Waals surface area contributed by atoms with Crippen molar-refractivity contribution in [2.24, 2.45) is 5.92 Å². The number of hydrogen-bond donors (Lipinski definition) is 1. The van der Waals surface area contributed by atoms with Crippen molar-refractivity contribution in [3.63, 3.8) is 0 Å². The molecule has 4 nitrogen and oxygen atoms in total. The highest BCUT2D eigenvalue weighted by atomic mass is 15.2. The van der Waals surface area contributed by atoms with Crippen LogP contribution in [0.4, 0.5) is 11.6 Å². The Bertz CT molecular complexity index is 504. The highest BCUT2D eigenvalue weighted by molar-refractivity contribution is 5.57. The van der Waals surface area contributed by atoms with E-state index in [1.807, 2.05) is 6.92 Å². The lowest BCUT2D eigenvalue weighted by Crippen LogP contribution is -2.37. The van der Waals surface area contributed by atoms with Crippen LogP contribution in [0.1, 0.15) is 64.8 Å². The third-order valence-corrected chi connectivity index (χ3v) is 4.62. The summed E-state index contributed by atoms with van der Waals surface area (Å²) in [6.45, 7) is 10.8. The molecule has 1 heterocycles. The first-order chi connectivity index (χ1) is 9.70. The standard InChI is InChI=1S/C17H30N4/c1-11-8-7-9-13(10-11)21(6)15-12(2)14(18)19-16(20-15)17(3,4)5/h11,13H,7-10H2,1-6H3,(H2,18,19,20). The van der Waals surface area contributed by atoms with Crippen LogP contribution in [0.15, 0.2) is 0 Å². The van der Waals surface area contributed by atoms with Crippen LogP contribution in [0.25, 0.3) is 0 Å². The van der Waals surface area contributed by atoms with Gasteiger partial charge in [0.15, 0.2) is 0 Å². The van der Waals surface area contributed by atoms with Crippen molar-refractivity contribution in [2.75, 3.05) is 17.7 Å². The Kier molecular flexibility index (Phi) is 4.45. The lowest BCUT2D eigenvalue weighted by atomic mass is 9.86. The van der Waals surface area contributed by atoms with E-state index in [1.54, 1.807) is 0 Å². The Balaban J connectivity index is 2.35. The van der Waals surface area contributed by atoms with Gasteiger partial charge in [0.2, 0.25) is 0 Å². The Hall–Kier alpha value is -1.32. The quantitative estimate of drug-likeness (QED) is 0.902. The van der Waals surface area contributed by atoms with Crippen molar-refractivity contribution >= 4 is 11.6 Å². The third-order valence-electron chi connectivity index (χ3n) is 4.62. The minimum absolute atomic E-state index is 0.0860. The first-order valence-corrected chi connectivity index (χ1v) is 8.07. The number of rotatable bonds is 2. The summed E-state index contributed by atoms with van der Waals surface area (Å²) in [5, 5.41) is 0. The van der Waals surface area contributed by atoms with E-state index < -0.39 is 0 Å². The maximum Gasteiger partial charge on any atom is 0.138 e. The van der Waals surface area contributed by atoms with Crippen molar-refractivity contribution < 1.29 is 0 Å². The second-order valence-corrected chi connectivity index (χ2v) is 7.67. The smallest absolute Gasteiger partial charge is 0.138 e. The molecule has 0 amide bonds. The van der Waals surface area contributed by atoms with E-state index in [9.17, 15) is 0 Å². The fourth-order valence-corrected chi connectivity index (χ4v) is 3.13. The summed E-state index contributed by atoms with van der Waals surface area (Å²) in [6, 6.07) is 0.564. The average Bonchev–Trinajstić information content (AvgIpc) is 2.39. The molecule has 0 aromatic carbocycles. The summed E-state index contributed by atoms with van der Waals surface area (Å²) >= 11 is 0. The highest BCUT2D eigenvalue weighted by Gasteiger charge is 2.27. The maximum absolute atomic E-state index is 6.13. The summed E-state index contributed by atoms with van der Waals surface area (Å²) < 4.78 is 0. The number of nitrogens with two attached hydrogens (primary N) is 1. The van der Waals surface area contributed by atoms with E-state index in [-0.39, 0.29) is 5.41 Å². The van der Waals surface area contributed by atoms with Gasteiger partial charge in [0.05, 0.1) is 0 Å². The zero-order chi connectivity index (χ0) is 15.8. The van der Waals surface area contributed by atoms with Gasteiger partial charge >= 0.3 is 0 Å². The molecule has 0 radical (unpaired) electrons. The molecule has 1 fully saturated rings. The van der Waals surface area contributed by atoms with E-state index in [4.69, 9.17) is 10.7 Å². The average molecular weight is 290 g/mol. The van der Waals surface area contributed by atoms with Crippen LogP contribution in [0, 0.1) is 12.8 Å². The minimum Gasteiger partial charge on any atom is -0.383 e. The monoisotopic (exact) mass is 290 g/mol. The Morgan fingerprint density at radius 1 is 1.19 bits per heavy atom. The van der Waals surface area contributed by atoms with Crippen molar-refractivity contribution in [2.45, 2.75) is 71.8 Å². The SMILES string of the molecule is Cc1c(N)nc(C(C)(C)C)nc1N(C)C1CCCC(C)C1. The van der Waals surface area contributed by atoms with Crippen LogP contribution in [0.2, 0.25) is 0 Å². The Labute approximate surface area is 129 Å². The van der Waals surface area contributed by atoms with Crippen LogP contribution in [-0.2, 0) is 5.41 Å². The van der Waals surface area contributed by atoms with Gasteiger partial charge in [-0.2, -0.15) is 0 Å². The van der Waals surface area contributed by atoms with Gasteiger partial charge < -0.3 is 10.6 Å². The molecule has 2 N–H and O–H groups in total. The maximum atomic E-state index is 6.13. The molecule has 4 heteroatoms. The fourth-order valence-electron chi connectivity index (χ4n) is 3.13. The van der Waals surface area contributed by atoms with Gasteiger partial charge in [-0.3, -0.25) is 0 Å². The Morgan fingerprint density at radius 3 is 2.43 bits per heavy atom. The van der Waals surface area contributed by atoms with Crippen molar-refractivity contribution in [3.8, 4) is 0 Å². The fraction of sp³-hybridized carbons (Fsp3) is 0.765. The molecular weight excluding hydrogens is 260 g/mol. The van der Waals surface area contributed by atoms with Crippen LogP contribution in [-0.4, -0.2) is 23.1 Å². The van der Waals surface area contributed by atoms with Gasteiger partial charge in [-0.25, -0.2) is 9.97 Å². The second-order valence-electron chi connectivity index (χ2n) is 7.67. The predicted molar refractivity (Wildman–Crippen MR) is 89.7 cm³/mol. The van der Waals surface area contributed by atoms with Crippen LogP contribution >= 0.6 is 0 Å². The molecule has 1 aromatic heterocycles. The highest BCUT2D eigenvalue weighted by Crippen LogP contribution is 2.32.